The third-order valence-electron chi connectivity index (χ3n) is 3.93. The molecule has 0 amide bonds. The van der Waals surface area contributed by atoms with Gasteiger partial charge in [-0.3, -0.25) is 0 Å². The van der Waals surface area contributed by atoms with E-state index in [0.717, 1.165) is 24.3 Å². The molecule has 0 aromatic carbocycles. The van der Waals surface area contributed by atoms with E-state index in [2.05, 4.69) is 37.6 Å². The number of thioether (sulfide) groups is 1. The van der Waals surface area contributed by atoms with E-state index >= 15 is 0 Å². The van der Waals surface area contributed by atoms with E-state index in [1.54, 1.807) is 0 Å². The van der Waals surface area contributed by atoms with E-state index in [-0.39, 0.29) is 0 Å². The van der Waals surface area contributed by atoms with Crippen LogP contribution < -0.4 is 5.32 Å². The second-order valence-electron chi connectivity index (χ2n) is 5.64. The summed E-state index contributed by atoms with van der Waals surface area (Å²) in [6.45, 7) is 6.97. The summed E-state index contributed by atoms with van der Waals surface area (Å²) in [4.78, 5) is 0. The summed E-state index contributed by atoms with van der Waals surface area (Å²) < 4.78 is 0.382. The van der Waals surface area contributed by atoms with Crippen molar-refractivity contribution in [2.45, 2.75) is 31.4 Å². The Morgan fingerprint density at radius 2 is 2.13 bits per heavy atom. The molecular formula is C13H23NS. The quantitative estimate of drug-likeness (QED) is 0.722. The predicted molar refractivity (Wildman–Crippen MR) is 69.3 cm³/mol. The Kier molecular flexibility index (Phi) is 3.46. The van der Waals surface area contributed by atoms with Gasteiger partial charge in [-0.05, 0) is 57.2 Å². The van der Waals surface area contributed by atoms with Gasteiger partial charge >= 0.3 is 0 Å². The van der Waals surface area contributed by atoms with Crippen LogP contribution in [0.1, 0.15) is 26.7 Å². The van der Waals surface area contributed by atoms with Gasteiger partial charge in [0.1, 0.15) is 0 Å². The molecule has 2 bridgehead atoms. The normalized spacial score (nSPS) is 33.9. The molecule has 0 aromatic heterocycles. The molecule has 0 aromatic rings. The van der Waals surface area contributed by atoms with E-state index in [9.17, 15) is 0 Å². The largest absolute Gasteiger partial charge is 0.315 e. The zero-order chi connectivity index (χ0) is 10.9. The molecule has 0 heterocycles. The van der Waals surface area contributed by atoms with Crippen LogP contribution in [0.15, 0.2) is 12.2 Å². The number of rotatable bonds is 5. The molecule has 1 nitrogen and oxygen atoms in total. The molecular weight excluding hydrogens is 202 g/mol. The fourth-order valence-electron chi connectivity index (χ4n) is 2.76. The lowest BCUT2D eigenvalue weighted by Gasteiger charge is -2.25. The zero-order valence-electron chi connectivity index (χ0n) is 10.1. The maximum atomic E-state index is 3.65. The molecule has 0 aliphatic heterocycles. The van der Waals surface area contributed by atoms with Gasteiger partial charge in [0.2, 0.25) is 0 Å². The van der Waals surface area contributed by atoms with Crippen molar-refractivity contribution < 1.29 is 0 Å². The summed E-state index contributed by atoms with van der Waals surface area (Å²) in [6, 6.07) is 0. The van der Waals surface area contributed by atoms with Crippen LogP contribution >= 0.6 is 11.8 Å². The standard InChI is InChI=1S/C13H23NS/c1-13(2,15-3)9-14-8-12-7-10-4-5-11(12)6-10/h4-5,10-12,14H,6-9H2,1-3H3. The number of nitrogens with one attached hydrogen (secondary N) is 1. The number of allylic oxidation sites excluding steroid dienone is 2. The van der Waals surface area contributed by atoms with Crippen molar-refractivity contribution in [2.24, 2.45) is 17.8 Å². The highest BCUT2D eigenvalue weighted by Gasteiger charge is 2.35. The van der Waals surface area contributed by atoms with Crippen LogP contribution in [0.5, 0.6) is 0 Å². The molecule has 2 rings (SSSR count). The average molecular weight is 225 g/mol. The van der Waals surface area contributed by atoms with Crippen molar-refractivity contribution >= 4 is 11.8 Å². The van der Waals surface area contributed by atoms with Crippen LogP contribution in [0.2, 0.25) is 0 Å². The topological polar surface area (TPSA) is 12.0 Å². The first-order valence-electron chi connectivity index (χ1n) is 6.05. The molecule has 0 saturated heterocycles. The first-order valence-corrected chi connectivity index (χ1v) is 7.27. The molecule has 3 atom stereocenters. The second-order valence-corrected chi connectivity index (χ2v) is 7.15. The summed E-state index contributed by atoms with van der Waals surface area (Å²) in [5.41, 5.74) is 0. The molecule has 3 unspecified atom stereocenters. The lowest BCUT2D eigenvalue weighted by atomic mass is 9.93. The minimum atomic E-state index is 0.382. The van der Waals surface area contributed by atoms with Gasteiger partial charge in [-0.25, -0.2) is 0 Å². The minimum Gasteiger partial charge on any atom is -0.315 e. The van der Waals surface area contributed by atoms with E-state index in [1.807, 2.05) is 11.8 Å². The summed E-state index contributed by atoms with van der Waals surface area (Å²) in [6.07, 6.45) is 9.92. The third-order valence-corrected chi connectivity index (χ3v) is 5.18. The molecule has 1 saturated carbocycles. The van der Waals surface area contributed by atoms with Gasteiger partial charge in [0.25, 0.3) is 0 Å². The number of fused-ring (bicyclic) bond motifs is 2. The molecule has 15 heavy (non-hydrogen) atoms. The molecule has 1 N–H and O–H groups in total. The summed E-state index contributed by atoms with van der Waals surface area (Å²) in [5.74, 6) is 2.72. The van der Waals surface area contributed by atoms with E-state index < -0.39 is 0 Å². The number of hydrogen-bond donors (Lipinski definition) is 1. The Balaban J connectivity index is 1.69. The average Bonchev–Trinajstić information content (AvgIpc) is 2.79. The van der Waals surface area contributed by atoms with E-state index in [0.29, 0.717) is 4.75 Å². The Morgan fingerprint density at radius 3 is 2.67 bits per heavy atom. The van der Waals surface area contributed by atoms with Gasteiger partial charge in [0.15, 0.2) is 0 Å². The Labute approximate surface area is 98.1 Å². The number of hydrogen-bond acceptors (Lipinski definition) is 2. The highest BCUT2D eigenvalue weighted by atomic mass is 32.2. The SMILES string of the molecule is CSC(C)(C)CNCC1CC2C=CC1C2. The minimum absolute atomic E-state index is 0.382. The third kappa shape index (κ3) is 2.79. The monoisotopic (exact) mass is 225 g/mol. The maximum absolute atomic E-state index is 3.65. The molecule has 1 fully saturated rings. The van der Waals surface area contributed by atoms with Crippen molar-refractivity contribution in [3.8, 4) is 0 Å². The lowest BCUT2D eigenvalue weighted by Crippen LogP contribution is -2.35. The van der Waals surface area contributed by atoms with Crippen LogP contribution in [-0.2, 0) is 0 Å². The van der Waals surface area contributed by atoms with E-state index in [4.69, 9.17) is 0 Å². The fourth-order valence-corrected chi connectivity index (χ4v) is 3.01. The summed E-state index contributed by atoms with van der Waals surface area (Å²) >= 11 is 1.95. The van der Waals surface area contributed by atoms with Crippen molar-refractivity contribution in [1.82, 2.24) is 5.32 Å². The lowest BCUT2D eigenvalue weighted by molar-refractivity contribution is 0.407. The van der Waals surface area contributed by atoms with Gasteiger partial charge in [-0.2, -0.15) is 11.8 Å². The van der Waals surface area contributed by atoms with Crippen molar-refractivity contribution in [3.05, 3.63) is 12.2 Å². The molecule has 2 aliphatic rings. The van der Waals surface area contributed by atoms with Gasteiger partial charge in [-0.15, -0.1) is 0 Å². The Hall–Kier alpha value is 0.0500. The van der Waals surface area contributed by atoms with Gasteiger partial charge in [0, 0.05) is 11.3 Å². The van der Waals surface area contributed by atoms with Gasteiger partial charge in [0.05, 0.1) is 0 Å². The summed E-state index contributed by atoms with van der Waals surface area (Å²) in [7, 11) is 0. The molecule has 2 aliphatic carbocycles. The van der Waals surface area contributed by atoms with Crippen LogP contribution in [0.25, 0.3) is 0 Å². The van der Waals surface area contributed by atoms with Crippen molar-refractivity contribution in [3.63, 3.8) is 0 Å². The molecule has 0 spiro atoms. The van der Waals surface area contributed by atoms with Crippen LogP contribution in [-0.4, -0.2) is 24.1 Å². The molecule has 2 heteroatoms. The van der Waals surface area contributed by atoms with Crippen molar-refractivity contribution in [1.29, 1.82) is 0 Å². The van der Waals surface area contributed by atoms with Crippen molar-refractivity contribution in [2.75, 3.05) is 19.3 Å². The second kappa shape index (κ2) is 4.50. The smallest absolute Gasteiger partial charge is 0.0225 e. The Bertz CT molecular complexity index is 247. The molecule has 0 radical (unpaired) electrons. The van der Waals surface area contributed by atoms with Gasteiger partial charge in [-0.1, -0.05) is 12.2 Å². The van der Waals surface area contributed by atoms with Crippen LogP contribution in [0.3, 0.4) is 0 Å². The van der Waals surface area contributed by atoms with Gasteiger partial charge < -0.3 is 5.32 Å². The maximum Gasteiger partial charge on any atom is 0.0225 e. The first kappa shape index (κ1) is 11.5. The van der Waals surface area contributed by atoms with Crippen LogP contribution in [0.4, 0.5) is 0 Å². The van der Waals surface area contributed by atoms with E-state index in [1.165, 1.54) is 19.4 Å². The fraction of sp³-hybridized carbons (Fsp3) is 0.846. The highest BCUT2D eigenvalue weighted by Crippen LogP contribution is 2.42. The molecule has 86 valence electrons. The Morgan fingerprint density at radius 1 is 1.33 bits per heavy atom. The zero-order valence-corrected chi connectivity index (χ0v) is 10.9. The first-order chi connectivity index (χ1) is 7.11. The highest BCUT2D eigenvalue weighted by molar-refractivity contribution is 7.99. The summed E-state index contributed by atoms with van der Waals surface area (Å²) in [5, 5.41) is 3.65. The predicted octanol–water partition coefficient (Wildman–Crippen LogP) is 2.93. The van der Waals surface area contributed by atoms with Crippen LogP contribution in [0, 0.1) is 17.8 Å².